The van der Waals surface area contributed by atoms with Gasteiger partial charge in [0.2, 0.25) is 5.95 Å². The van der Waals surface area contributed by atoms with Gasteiger partial charge in [0.05, 0.1) is 17.8 Å². The van der Waals surface area contributed by atoms with E-state index in [1.54, 1.807) is 0 Å². The molecule has 1 heterocycles. The van der Waals surface area contributed by atoms with E-state index in [4.69, 9.17) is 22.1 Å². The number of fused-ring (bicyclic) bond motifs is 1. The number of nitrogens with two attached hydrogens (primary N) is 1. The van der Waals surface area contributed by atoms with E-state index in [2.05, 4.69) is 9.97 Å². The molecule has 0 bridgehead atoms. The van der Waals surface area contributed by atoms with Crippen molar-refractivity contribution < 1.29 is 4.74 Å². The second kappa shape index (κ2) is 6.84. The first-order chi connectivity index (χ1) is 11.1. The van der Waals surface area contributed by atoms with Crippen LogP contribution in [0.25, 0.3) is 10.9 Å². The van der Waals surface area contributed by atoms with Crippen LogP contribution in [0.4, 0.5) is 5.95 Å². The van der Waals surface area contributed by atoms with Crippen molar-refractivity contribution in [3.8, 4) is 5.75 Å². The third-order valence-corrected chi connectivity index (χ3v) is 3.89. The third kappa shape index (κ3) is 3.71. The first kappa shape index (κ1) is 15.6. The Morgan fingerprint density at radius 1 is 1.13 bits per heavy atom. The van der Waals surface area contributed by atoms with E-state index < -0.39 is 0 Å². The molecule has 0 aliphatic rings. The van der Waals surface area contributed by atoms with Gasteiger partial charge in [-0.25, -0.2) is 9.97 Å². The lowest BCUT2D eigenvalue weighted by Crippen LogP contribution is -2.04. The van der Waals surface area contributed by atoms with Crippen LogP contribution < -0.4 is 10.5 Å². The van der Waals surface area contributed by atoms with Gasteiger partial charge >= 0.3 is 0 Å². The molecule has 2 aromatic carbocycles. The Kier molecular flexibility index (Phi) is 4.63. The highest BCUT2D eigenvalue weighted by molar-refractivity contribution is 6.30. The summed E-state index contributed by atoms with van der Waals surface area (Å²) in [6, 6.07) is 13.5. The molecule has 0 spiro atoms. The first-order valence-corrected chi connectivity index (χ1v) is 7.91. The highest BCUT2D eigenvalue weighted by Gasteiger charge is 2.06. The quantitative estimate of drug-likeness (QED) is 0.714. The van der Waals surface area contributed by atoms with Crippen molar-refractivity contribution in [2.24, 2.45) is 0 Å². The summed E-state index contributed by atoms with van der Waals surface area (Å²) < 4.78 is 5.82. The minimum absolute atomic E-state index is 0.313. The van der Waals surface area contributed by atoms with Crippen LogP contribution in [0.15, 0.2) is 42.5 Å². The molecule has 0 unspecified atom stereocenters. The second-order valence-electron chi connectivity index (χ2n) is 5.41. The minimum atomic E-state index is 0.313. The molecular formula is C18H18ClN3O. The maximum atomic E-state index is 5.95. The zero-order valence-corrected chi connectivity index (χ0v) is 13.7. The molecule has 0 aliphatic heterocycles. The number of ether oxygens (including phenoxy) is 1. The number of aromatic nitrogens is 2. The molecule has 0 aliphatic carbocycles. The Balaban J connectivity index is 1.65. The van der Waals surface area contributed by atoms with E-state index >= 15 is 0 Å². The number of rotatable bonds is 5. The largest absolute Gasteiger partial charge is 0.493 e. The topological polar surface area (TPSA) is 61.0 Å². The van der Waals surface area contributed by atoms with Crippen LogP contribution >= 0.6 is 11.6 Å². The van der Waals surface area contributed by atoms with Gasteiger partial charge in [0.1, 0.15) is 5.75 Å². The lowest BCUT2D eigenvalue weighted by Gasteiger charge is -2.10. The molecule has 5 heteroatoms. The zero-order valence-electron chi connectivity index (χ0n) is 12.9. The molecule has 4 nitrogen and oxygen atoms in total. The molecule has 3 rings (SSSR count). The van der Waals surface area contributed by atoms with Gasteiger partial charge in [-0.15, -0.1) is 0 Å². The summed E-state index contributed by atoms with van der Waals surface area (Å²) in [6.07, 6.45) is 1.64. The molecule has 1 aromatic heterocycles. The molecule has 0 saturated heterocycles. The molecule has 2 N–H and O–H groups in total. The molecule has 23 heavy (non-hydrogen) atoms. The average Bonchev–Trinajstić information content (AvgIpc) is 2.53. The van der Waals surface area contributed by atoms with Gasteiger partial charge in [0.15, 0.2) is 0 Å². The Morgan fingerprint density at radius 3 is 2.78 bits per heavy atom. The van der Waals surface area contributed by atoms with Crippen LogP contribution in [-0.2, 0) is 6.42 Å². The van der Waals surface area contributed by atoms with Crippen molar-refractivity contribution >= 4 is 28.5 Å². The molecule has 0 saturated carbocycles. The second-order valence-corrected chi connectivity index (χ2v) is 5.84. The van der Waals surface area contributed by atoms with Gasteiger partial charge in [0, 0.05) is 10.4 Å². The van der Waals surface area contributed by atoms with Crippen LogP contribution in [-0.4, -0.2) is 16.6 Å². The number of halogens is 1. The van der Waals surface area contributed by atoms with Crippen LogP contribution in [0.5, 0.6) is 5.75 Å². The van der Waals surface area contributed by atoms with E-state index in [1.165, 1.54) is 0 Å². The minimum Gasteiger partial charge on any atom is -0.493 e. The number of aryl methyl sites for hydroxylation is 2. The van der Waals surface area contributed by atoms with Crippen molar-refractivity contribution in [3.63, 3.8) is 0 Å². The monoisotopic (exact) mass is 327 g/mol. The number of nitrogen functional groups attached to an aromatic ring is 1. The molecule has 0 fully saturated rings. The van der Waals surface area contributed by atoms with Crippen molar-refractivity contribution in [2.45, 2.75) is 19.8 Å². The van der Waals surface area contributed by atoms with Gasteiger partial charge < -0.3 is 10.5 Å². The number of nitrogens with zero attached hydrogens (tertiary/aromatic N) is 2. The SMILES string of the molecule is Cc1cc(Cl)ccc1OCCCc1nc(N)nc2ccccc12. The lowest BCUT2D eigenvalue weighted by atomic mass is 10.1. The Morgan fingerprint density at radius 2 is 1.96 bits per heavy atom. The highest BCUT2D eigenvalue weighted by Crippen LogP contribution is 2.22. The summed E-state index contributed by atoms with van der Waals surface area (Å²) >= 11 is 5.95. The average molecular weight is 328 g/mol. The van der Waals surface area contributed by atoms with Gasteiger partial charge in [-0.05, 0) is 49.6 Å². The van der Waals surface area contributed by atoms with Crippen LogP contribution in [0, 0.1) is 6.92 Å². The van der Waals surface area contributed by atoms with Gasteiger partial charge in [-0.2, -0.15) is 0 Å². The van der Waals surface area contributed by atoms with Crippen LogP contribution in [0.2, 0.25) is 5.02 Å². The number of anilines is 1. The molecule has 3 aromatic rings. The summed E-state index contributed by atoms with van der Waals surface area (Å²) in [5.41, 5.74) is 8.67. The Labute approximate surface area is 140 Å². The van der Waals surface area contributed by atoms with Crippen LogP contribution in [0.3, 0.4) is 0 Å². The number of hydrogen-bond donors (Lipinski definition) is 1. The Hall–Kier alpha value is -2.33. The Bertz CT molecular complexity index is 836. The number of hydrogen-bond acceptors (Lipinski definition) is 4. The standard InChI is InChI=1S/C18H18ClN3O/c1-12-11-13(19)8-9-17(12)23-10-4-7-16-14-5-2-3-6-15(14)21-18(20)22-16/h2-3,5-6,8-9,11H,4,7,10H2,1H3,(H2,20,21,22). The highest BCUT2D eigenvalue weighted by atomic mass is 35.5. The number of benzene rings is 2. The molecule has 118 valence electrons. The van der Waals surface area contributed by atoms with E-state index in [9.17, 15) is 0 Å². The normalized spacial score (nSPS) is 10.9. The van der Waals surface area contributed by atoms with Crippen molar-refractivity contribution in [3.05, 3.63) is 58.7 Å². The fourth-order valence-electron chi connectivity index (χ4n) is 2.55. The predicted octanol–water partition coefficient (Wildman–Crippen LogP) is 4.19. The van der Waals surface area contributed by atoms with Crippen molar-refractivity contribution in [2.75, 3.05) is 12.3 Å². The fourth-order valence-corrected chi connectivity index (χ4v) is 2.78. The molecule has 0 atom stereocenters. The van der Waals surface area contributed by atoms with Crippen molar-refractivity contribution in [1.29, 1.82) is 0 Å². The van der Waals surface area contributed by atoms with Gasteiger partial charge in [-0.1, -0.05) is 29.8 Å². The molecule has 0 radical (unpaired) electrons. The smallest absolute Gasteiger partial charge is 0.220 e. The summed E-state index contributed by atoms with van der Waals surface area (Å²) in [5, 5.41) is 1.77. The summed E-state index contributed by atoms with van der Waals surface area (Å²) in [6.45, 7) is 2.60. The predicted molar refractivity (Wildman–Crippen MR) is 94.0 cm³/mol. The summed E-state index contributed by atoms with van der Waals surface area (Å²) in [4.78, 5) is 8.62. The lowest BCUT2D eigenvalue weighted by molar-refractivity contribution is 0.308. The summed E-state index contributed by atoms with van der Waals surface area (Å²) in [7, 11) is 0. The van der Waals surface area contributed by atoms with Crippen molar-refractivity contribution in [1.82, 2.24) is 9.97 Å². The third-order valence-electron chi connectivity index (χ3n) is 3.65. The summed E-state index contributed by atoms with van der Waals surface area (Å²) in [5.74, 6) is 1.18. The van der Waals surface area contributed by atoms with E-state index in [-0.39, 0.29) is 0 Å². The maximum absolute atomic E-state index is 5.95. The van der Waals surface area contributed by atoms with E-state index in [0.717, 1.165) is 45.8 Å². The van der Waals surface area contributed by atoms with E-state index in [1.807, 2.05) is 49.4 Å². The fraction of sp³-hybridized carbons (Fsp3) is 0.222. The molecule has 0 amide bonds. The van der Waals surface area contributed by atoms with Gasteiger partial charge in [-0.3, -0.25) is 0 Å². The zero-order chi connectivity index (χ0) is 16.2. The number of para-hydroxylation sites is 1. The maximum Gasteiger partial charge on any atom is 0.220 e. The van der Waals surface area contributed by atoms with Gasteiger partial charge in [0.25, 0.3) is 0 Å². The van der Waals surface area contributed by atoms with E-state index in [0.29, 0.717) is 12.6 Å². The first-order valence-electron chi connectivity index (χ1n) is 7.53. The van der Waals surface area contributed by atoms with Crippen LogP contribution in [0.1, 0.15) is 17.7 Å². The molecular weight excluding hydrogens is 310 g/mol.